The molecule has 0 aliphatic carbocycles. The van der Waals surface area contributed by atoms with Crippen molar-refractivity contribution < 1.29 is 14.3 Å². The van der Waals surface area contributed by atoms with Gasteiger partial charge in [0.15, 0.2) is 0 Å². The van der Waals surface area contributed by atoms with Gasteiger partial charge in [0, 0.05) is 24.2 Å². The van der Waals surface area contributed by atoms with Crippen molar-refractivity contribution in [3.8, 4) is 0 Å². The van der Waals surface area contributed by atoms with Gasteiger partial charge in [-0.2, -0.15) is 0 Å². The summed E-state index contributed by atoms with van der Waals surface area (Å²) in [7, 11) is 0. The van der Waals surface area contributed by atoms with Gasteiger partial charge in [-0.25, -0.2) is 9.59 Å². The zero-order valence-corrected chi connectivity index (χ0v) is 14.3. The normalized spacial score (nSPS) is 27.7. The molecule has 0 radical (unpaired) electrons. The van der Waals surface area contributed by atoms with Crippen LogP contribution in [0.3, 0.4) is 0 Å². The van der Waals surface area contributed by atoms with E-state index in [9.17, 15) is 9.59 Å². The predicted octanol–water partition coefficient (Wildman–Crippen LogP) is 2.62. The highest BCUT2D eigenvalue weighted by Gasteiger charge is 2.45. The van der Waals surface area contributed by atoms with Gasteiger partial charge < -0.3 is 20.3 Å². The summed E-state index contributed by atoms with van der Waals surface area (Å²) in [4.78, 5) is 26.1. The number of carbonyl (C=O) groups excluding carboxylic acids is 2. The van der Waals surface area contributed by atoms with Crippen molar-refractivity contribution in [2.75, 3.05) is 0 Å². The molecular formula is C16H29N3O3. The number of fused-ring (bicyclic) bond motifs is 2. The molecule has 0 aromatic heterocycles. The molecule has 0 saturated carbocycles. The largest absolute Gasteiger partial charge is 0.444 e. The van der Waals surface area contributed by atoms with Crippen LogP contribution in [0.4, 0.5) is 9.59 Å². The molecule has 2 bridgehead atoms. The molecule has 2 aliphatic heterocycles. The summed E-state index contributed by atoms with van der Waals surface area (Å²) < 4.78 is 5.51. The number of ether oxygens (including phenoxy) is 1. The van der Waals surface area contributed by atoms with Crippen molar-refractivity contribution >= 4 is 12.1 Å². The average molecular weight is 311 g/mol. The zero-order valence-electron chi connectivity index (χ0n) is 14.3. The number of carbonyl (C=O) groups is 2. The second-order valence-electron chi connectivity index (χ2n) is 7.71. The van der Waals surface area contributed by atoms with Gasteiger partial charge in [-0.1, -0.05) is 0 Å². The van der Waals surface area contributed by atoms with E-state index in [0.29, 0.717) is 0 Å². The van der Waals surface area contributed by atoms with E-state index in [1.54, 1.807) is 0 Å². The lowest BCUT2D eigenvalue weighted by atomic mass is 9.98. The van der Waals surface area contributed by atoms with Crippen molar-refractivity contribution in [1.29, 1.82) is 0 Å². The van der Waals surface area contributed by atoms with E-state index in [-0.39, 0.29) is 36.3 Å². The highest BCUT2D eigenvalue weighted by Crippen LogP contribution is 2.36. The topological polar surface area (TPSA) is 70.7 Å². The predicted molar refractivity (Wildman–Crippen MR) is 84.7 cm³/mol. The van der Waals surface area contributed by atoms with E-state index in [1.807, 2.05) is 39.5 Å². The Morgan fingerprint density at radius 2 is 1.68 bits per heavy atom. The fourth-order valence-corrected chi connectivity index (χ4v) is 3.40. The molecule has 0 aromatic rings. The Balaban J connectivity index is 1.91. The molecule has 0 aromatic carbocycles. The maximum atomic E-state index is 12.4. The van der Waals surface area contributed by atoms with Gasteiger partial charge in [0.05, 0.1) is 0 Å². The quantitative estimate of drug-likeness (QED) is 0.823. The molecule has 2 N–H and O–H groups in total. The lowest BCUT2D eigenvalue weighted by molar-refractivity contribution is 0.00526. The average Bonchev–Trinajstić information content (AvgIpc) is 2.58. The Labute approximate surface area is 132 Å². The van der Waals surface area contributed by atoms with Gasteiger partial charge in [0.1, 0.15) is 5.60 Å². The molecule has 2 aliphatic rings. The minimum atomic E-state index is -0.469. The van der Waals surface area contributed by atoms with Crippen LogP contribution in [0, 0.1) is 0 Å². The molecule has 2 saturated heterocycles. The Morgan fingerprint density at radius 1 is 1.14 bits per heavy atom. The Morgan fingerprint density at radius 3 is 2.14 bits per heavy atom. The van der Waals surface area contributed by atoms with Crippen LogP contribution in [0.2, 0.25) is 0 Å². The first kappa shape index (κ1) is 16.9. The Bertz CT molecular complexity index is 417. The molecule has 2 atom stereocenters. The molecule has 2 rings (SSSR count). The molecule has 3 amide bonds. The summed E-state index contributed by atoms with van der Waals surface area (Å²) in [6.45, 7) is 9.54. The second-order valence-corrected chi connectivity index (χ2v) is 7.71. The molecule has 2 unspecified atom stereocenters. The highest BCUT2D eigenvalue weighted by atomic mass is 16.6. The summed E-state index contributed by atoms with van der Waals surface area (Å²) in [5, 5.41) is 5.88. The van der Waals surface area contributed by atoms with Crippen LogP contribution in [-0.2, 0) is 4.74 Å². The van der Waals surface area contributed by atoms with E-state index in [4.69, 9.17) is 4.74 Å². The van der Waals surface area contributed by atoms with E-state index < -0.39 is 5.60 Å². The van der Waals surface area contributed by atoms with Crippen LogP contribution < -0.4 is 10.6 Å². The van der Waals surface area contributed by atoms with Crippen molar-refractivity contribution in [1.82, 2.24) is 15.5 Å². The highest BCUT2D eigenvalue weighted by molar-refractivity contribution is 5.74. The smallest absolute Gasteiger partial charge is 0.410 e. The summed E-state index contributed by atoms with van der Waals surface area (Å²) >= 11 is 0. The maximum Gasteiger partial charge on any atom is 0.410 e. The second kappa shape index (κ2) is 6.34. The van der Waals surface area contributed by atoms with Crippen LogP contribution in [0.5, 0.6) is 0 Å². The van der Waals surface area contributed by atoms with Gasteiger partial charge in [-0.3, -0.25) is 0 Å². The summed E-state index contributed by atoms with van der Waals surface area (Å²) in [6, 6.07) is 0.495. The third-order valence-corrected chi connectivity index (χ3v) is 4.09. The first-order chi connectivity index (χ1) is 10.2. The Hall–Kier alpha value is -1.46. The molecule has 2 fully saturated rings. The van der Waals surface area contributed by atoms with Crippen LogP contribution in [0.15, 0.2) is 0 Å². The molecule has 126 valence electrons. The fourth-order valence-electron chi connectivity index (χ4n) is 3.40. The Kier molecular flexibility index (Phi) is 4.87. The van der Waals surface area contributed by atoms with E-state index in [1.165, 1.54) is 0 Å². The van der Waals surface area contributed by atoms with Crippen LogP contribution in [0.1, 0.15) is 60.3 Å². The maximum absolute atomic E-state index is 12.4. The van der Waals surface area contributed by atoms with Gasteiger partial charge >= 0.3 is 12.1 Å². The summed E-state index contributed by atoms with van der Waals surface area (Å²) in [5.41, 5.74) is -0.469. The van der Waals surface area contributed by atoms with Gasteiger partial charge in [-0.15, -0.1) is 0 Å². The molecule has 6 nitrogen and oxygen atoms in total. The molecular weight excluding hydrogens is 282 g/mol. The summed E-state index contributed by atoms with van der Waals surface area (Å²) in [6.07, 6.45) is 3.38. The third kappa shape index (κ3) is 4.27. The standard InChI is InChI=1S/C16H29N3O3/c1-10(2)17-14(20)18-11-8-12-6-7-13(9-11)19(12)15(21)22-16(3,4)5/h10-13H,6-9H2,1-5H3,(H2,17,18,20). The number of hydrogen-bond donors (Lipinski definition) is 2. The number of nitrogens with one attached hydrogen (secondary N) is 2. The van der Waals surface area contributed by atoms with Crippen LogP contribution in [-0.4, -0.2) is 46.8 Å². The molecule has 22 heavy (non-hydrogen) atoms. The summed E-state index contributed by atoms with van der Waals surface area (Å²) in [5.74, 6) is 0. The van der Waals surface area contributed by atoms with Crippen molar-refractivity contribution in [2.45, 2.75) is 90.1 Å². The van der Waals surface area contributed by atoms with E-state index in [2.05, 4.69) is 10.6 Å². The van der Waals surface area contributed by atoms with E-state index in [0.717, 1.165) is 25.7 Å². The minimum absolute atomic E-state index is 0.120. The molecule has 6 heteroatoms. The van der Waals surface area contributed by atoms with Crippen molar-refractivity contribution in [3.63, 3.8) is 0 Å². The lowest BCUT2D eigenvalue weighted by Gasteiger charge is -2.39. The minimum Gasteiger partial charge on any atom is -0.444 e. The number of rotatable bonds is 2. The first-order valence-electron chi connectivity index (χ1n) is 8.24. The van der Waals surface area contributed by atoms with Gasteiger partial charge in [0.25, 0.3) is 0 Å². The monoisotopic (exact) mass is 311 g/mol. The van der Waals surface area contributed by atoms with Gasteiger partial charge in [-0.05, 0) is 60.3 Å². The molecule has 0 spiro atoms. The lowest BCUT2D eigenvalue weighted by Crippen LogP contribution is -2.55. The van der Waals surface area contributed by atoms with E-state index >= 15 is 0 Å². The first-order valence-corrected chi connectivity index (χ1v) is 8.24. The third-order valence-electron chi connectivity index (χ3n) is 4.09. The SMILES string of the molecule is CC(C)NC(=O)NC1CC2CCC(C1)N2C(=O)OC(C)(C)C. The number of amides is 3. The van der Waals surface area contributed by atoms with Crippen LogP contribution >= 0.6 is 0 Å². The van der Waals surface area contributed by atoms with Crippen LogP contribution in [0.25, 0.3) is 0 Å². The fraction of sp³-hybridized carbons (Fsp3) is 0.875. The number of urea groups is 1. The number of piperidine rings is 1. The van der Waals surface area contributed by atoms with Crippen molar-refractivity contribution in [3.05, 3.63) is 0 Å². The molecule has 2 heterocycles. The zero-order chi connectivity index (χ0) is 16.5. The number of hydrogen-bond acceptors (Lipinski definition) is 3. The van der Waals surface area contributed by atoms with Crippen molar-refractivity contribution in [2.24, 2.45) is 0 Å². The number of nitrogens with zero attached hydrogens (tertiary/aromatic N) is 1. The van der Waals surface area contributed by atoms with Gasteiger partial charge in [0.2, 0.25) is 0 Å².